The Hall–Kier alpha value is -1.66. The van der Waals surface area contributed by atoms with Crippen LogP contribution in [-0.4, -0.2) is 46.9 Å². The molecule has 1 amide bonds. The zero-order chi connectivity index (χ0) is 16.4. The van der Waals surface area contributed by atoms with E-state index in [0.29, 0.717) is 27.8 Å². The Morgan fingerprint density at radius 1 is 1.32 bits per heavy atom. The van der Waals surface area contributed by atoms with Crippen molar-refractivity contribution in [3.8, 4) is 5.75 Å². The summed E-state index contributed by atoms with van der Waals surface area (Å²) >= 11 is 12.3. The number of amides is 1. The van der Waals surface area contributed by atoms with Crippen LogP contribution in [0, 0.1) is 0 Å². The number of nitrogens with zero attached hydrogens (tertiary/aromatic N) is 1. The van der Waals surface area contributed by atoms with Gasteiger partial charge in [-0.1, -0.05) is 23.2 Å². The van der Waals surface area contributed by atoms with Crippen molar-refractivity contribution in [3.05, 3.63) is 27.7 Å². The minimum absolute atomic E-state index is 0.114. The number of carboxylic acid groups (broad SMARTS) is 2. The molecule has 8 heteroatoms. The number of benzene rings is 1. The van der Waals surface area contributed by atoms with E-state index in [9.17, 15) is 14.7 Å². The molecule has 1 aliphatic rings. The second kappa shape index (κ2) is 6.62. The fraction of sp³-hybridized carbons (Fsp3) is 0.429. The highest BCUT2D eigenvalue weighted by Crippen LogP contribution is 2.43. The first kappa shape index (κ1) is 16.7. The van der Waals surface area contributed by atoms with Gasteiger partial charge in [-0.2, -0.15) is 0 Å². The number of carboxylic acids is 1. The van der Waals surface area contributed by atoms with Crippen molar-refractivity contribution < 1.29 is 24.5 Å². The Kier molecular flexibility index (Phi) is 5.03. The lowest BCUT2D eigenvalue weighted by Crippen LogP contribution is -2.49. The molecule has 0 aromatic heterocycles. The first-order valence-electron chi connectivity index (χ1n) is 6.61. The number of rotatable bonds is 3. The van der Waals surface area contributed by atoms with Crippen molar-refractivity contribution >= 4 is 35.3 Å². The van der Waals surface area contributed by atoms with Gasteiger partial charge in [0, 0.05) is 12.1 Å². The van der Waals surface area contributed by atoms with E-state index in [4.69, 9.17) is 33.0 Å². The minimum atomic E-state index is -1.24. The van der Waals surface area contributed by atoms with Crippen LogP contribution in [0.15, 0.2) is 12.1 Å². The number of hydrogen-bond donors (Lipinski definition) is 2. The molecule has 6 nitrogen and oxygen atoms in total. The Labute approximate surface area is 137 Å². The molecule has 1 aromatic carbocycles. The molecule has 0 spiro atoms. The van der Waals surface area contributed by atoms with E-state index in [-0.39, 0.29) is 18.9 Å². The van der Waals surface area contributed by atoms with Crippen LogP contribution in [0.3, 0.4) is 0 Å². The van der Waals surface area contributed by atoms with Crippen LogP contribution in [-0.2, 0) is 4.79 Å². The number of methoxy groups -OCH3 is 1. The first-order valence-corrected chi connectivity index (χ1v) is 7.36. The van der Waals surface area contributed by atoms with E-state index < -0.39 is 18.1 Å². The highest BCUT2D eigenvalue weighted by atomic mass is 35.5. The Morgan fingerprint density at radius 3 is 2.55 bits per heavy atom. The molecule has 0 unspecified atom stereocenters. The third kappa shape index (κ3) is 3.08. The monoisotopic (exact) mass is 347 g/mol. The van der Waals surface area contributed by atoms with Gasteiger partial charge < -0.3 is 14.9 Å². The third-order valence-corrected chi connectivity index (χ3v) is 4.67. The van der Waals surface area contributed by atoms with E-state index in [2.05, 4.69) is 0 Å². The van der Waals surface area contributed by atoms with Gasteiger partial charge in [-0.05, 0) is 30.9 Å². The summed E-state index contributed by atoms with van der Waals surface area (Å²) in [5.41, 5.74) is 0.632. The van der Waals surface area contributed by atoms with Crippen LogP contribution in [0.2, 0.25) is 10.0 Å². The Balaban J connectivity index is 2.37. The molecule has 120 valence electrons. The van der Waals surface area contributed by atoms with Crippen molar-refractivity contribution in [1.29, 1.82) is 0 Å². The van der Waals surface area contributed by atoms with E-state index >= 15 is 0 Å². The van der Waals surface area contributed by atoms with Crippen LogP contribution in [0.1, 0.15) is 24.3 Å². The molecule has 2 rings (SSSR count). The maximum Gasteiger partial charge on any atom is 0.408 e. The van der Waals surface area contributed by atoms with Crippen molar-refractivity contribution in [2.75, 3.05) is 13.7 Å². The quantitative estimate of drug-likeness (QED) is 0.875. The fourth-order valence-electron chi connectivity index (χ4n) is 2.80. The van der Waals surface area contributed by atoms with Crippen LogP contribution in [0.4, 0.5) is 4.79 Å². The molecule has 1 saturated heterocycles. The summed E-state index contributed by atoms with van der Waals surface area (Å²) in [6.45, 7) is 0.114. The molecule has 1 aromatic rings. The summed E-state index contributed by atoms with van der Waals surface area (Å²) in [4.78, 5) is 23.4. The first-order chi connectivity index (χ1) is 10.4. The number of piperidine rings is 1. The van der Waals surface area contributed by atoms with Crippen LogP contribution < -0.4 is 4.74 Å². The van der Waals surface area contributed by atoms with Crippen LogP contribution >= 0.6 is 23.2 Å². The average Bonchev–Trinajstić information content (AvgIpc) is 2.49. The second-order valence-electron chi connectivity index (χ2n) is 5.03. The number of likely N-dealkylation sites (tertiary alicyclic amines) is 1. The van der Waals surface area contributed by atoms with Gasteiger partial charge in [0.25, 0.3) is 0 Å². The maximum atomic E-state index is 11.4. The normalized spacial score (nSPS) is 21.5. The zero-order valence-electron chi connectivity index (χ0n) is 11.8. The summed E-state index contributed by atoms with van der Waals surface area (Å²) < 4.78 is 5.28. The molecular formula is C14H15Cl2NO5. The van der Waals surface area contributed by atoms with Gasteiger partial charge >= 0.3 is 12.1 Å². The van der Waals surface area contributed by atoms with Gasteiger partial charge in [0.2, 0.25) is 0 Å². The molecule has 0 bridgehead atoms. The van der Waals surface area contributed by atoms with Crippen molar-refractivity contribution in [1.82, 2.24) is 4.90 Å². The lowest BCUT2D eigenvalue weighted by molar-refractivity contribution is -0.144. The number of aliphatic carboxylic acids is 1. The SMILES string of the molecule is COc1ccc(Cl)c(Cl)c1[C@@H]1CCN(C(=O)O)[C@H](C(=O)O)C1. The van der Waals surface area contributed by atoms with Gasteiger partial charge in [-0.3, -0.25) is 4.90 Å². The van der Waals surface area contributed by atoms with Gasteiger partial charge in [0.05, 0.1) is 17.2 Å². The van der Waals surface area contributed by atoms with E-state index in [1.165, 1.54) is 7.11 Å². The third-order valence-electron chi connectivity index (χ3n) is 3.85. The minimum Gasteiger partial charge on any atom is -0.496 e. The molecule has 1 heterocycles. The van der Waals surface area contributed by atoms with Gasteiger partial charge in [-0.25, -0.2) is 9.59 Å². The van der Waals surface area contributed by atoms with Crippen molar-refractivity contribution in [2.45, 2.75) is 24.8 Å². The summed E-state index contributed by atoms with van der Waals surface area (Å²) in [5, 5.41) is 19.1. The number of carbonyl (C=O) groups is 2. The molecule has 0 saturated carbocycles. The van der Waals surface area contributed by atoms with Gasteiger partial charge in [0.1, 0.15) is 11.8 Å². The van der Waals surface area contributed by atoms with Crippen molar-refractivity contribution in [2.24, 2.45) is 0 Å². The Morgan fingerprint density at radius 2 is 2.00 bits per heavy atom. The van der Waals surface area contributed by atoms with Crippen LogP contribution in [0.25, 0.3) is 0 Å². The lowest BCUT2D eigenvalue weighted by atomic mass is 9.85. The van der Waals surface area contributed by atoms with E-state index in [1.54, 1.807) is 12.1 Å². The van der Waals surface area contributed by atoms with Gasteiger partial charge in [0.15, 0.2) is 0 Å². The highest BCUT2D eigenvalue weighted by Gasteiger charge is 2.38. The van der Waals surface area contributed by atoms with Gasteiger partial charge in [-0.15, -0.1) is 0 Å². The largest absolute Gasteiger partial charge is 0.496 e. The molecule has 22 heavy (non-hydrogen) atoms. The molecule has 2 N–H and O–H groups in total. The molecule has 0 aliphatic carbocycles. The van der Waals surface area contributed by atoms with E-state index in [0.717, 1.165) is 4.90 Å². The van der Waals surface area contributed by atoms with E-state index in [1.807, 2.05) is 0 Å². The molecular weight excluding hydrogens is 333 g/mol. The van der Waals surface area contributed by atoms with Crippen LogP contribution in [0.5, 0.6) is 5.75 Å². The fourth-order valence-corrected chi connectivity index (χ4v) is 3.27. The predicted molar refractivity (Wildman–Crippen MR) is 81.1 cm³/mol. The topological polar surface area (TPSA) is 87.1 Å². The molecule has 1 aliphatic heterocycles. The Bertz CT molecular complexity index is 607. The number of hydrogen-bond acceptors (Lipinski definition) is 3. The smallest absolute Gasteiger partial charge is 0.408 e. The summed E-state index contributed by atoms with van der Waals surface area (Å²) in [7, 11) is 1.49. The second-order valence-corrected chi connectivity index (χ2v) is 5.81. The summed E-state index contributed by atoms with van der Waals surface area (Å²) in [5.74, 6) is -0.894. The zero-order valence-corrected chi connectivity index (χ0v) is 13.3. The number of halogens is 2. The van der Waals surface area contributed by atoms with Crippen molar-refractivity contribution in [3.63, 3.8) is 0 Å². The predicted octanol–water partition coefficient (Wildman–Crippen LogP) is 3.31. The lowest BCUT2D eigenvalue weighted by Gasteiger charge is -2.36. The molecule has 0 radical (unpaired) electrons. The molecule has 1 fully saturated rings. The standard InChI is InChI=1S/C14H15Cl2NO5/c1-22-10-3-2-8(15)12(16)11(10)7-4-5-17(14(20)21)9(6-7)13(18)19/h2-3,7,9H,4-6H2,1H3,(H,18,19)(H,20,21)/t7-,9+/m1/s1. The highest BCUT2D eigenvalue weighted by molar-refractivity contribution is 6.42. The summed E-state index contributed by atoms with van der Waals surface area (Å²) in [6, 6.07) is 2.16. The summed E-state index contributed by atoms with van der Waals surface area (Å²) in [6.07, 6.45) is -0.667. The maximum absolute atomic E-state index is 11.4. The number of ether oxygens (including phenoxy) is 1. The molecule has 2 atom stereocenters. The average molecular weight is 348 g/mol.